The number of amides is 1. The smallest absolute Gasteiger partial charge is 0.410 e. The van der Waals surface area contributed by atoms with Crippen molar-refractivity contribution >= 4 is 6.09 Å². The second-order valence-corrected chi connectivity index (χ2v) is 6.93. The number of carbonyl (C=O) groups excluding carboxylic acids is 1. The van der Waals surface area contributed by atoms with Gasteiger partial charge in [-0.15, -0.1) is 0 Å². The highest BCUT2D eigenvalue weighted by Crippen LogP contribution is 2.29. The summed E-state index contributed by atoms with van der Waals surface area (Å²) in [5.41, 5.74) is 8.21. The third kappa shape index (κ3) is 4.21. The van der Waals surface area contributed by atoms with Crippen LogP contribution in [0.5, 0.6) is 0 Å². The fraction of sp³-hybridized carbons (Fsp3) is 0.588. The van der Waals surface area contributed by atoms with Gasteiger partial charge in [0, 0.05) is 25.0 Å². The van der Waals surface area contributed by atoms with Gasteiger partial charge in [-0.25, -0.2) is 4.79 Å². The van der Waals surface area contributed by atoms with Gasteiger partial charge in [0.2, 0.25) is 0 Å². The summed E-state index contributed by atoms with van der Waals surface area (Å²) < 4.78 is 5.47. The molecule has 1 aromatic carbocycles. The van der Waals surface area contributed by atoms with Gasteiger partial charge in [0.1, 0.15) is 5.60 Å². The molecule has 1 amide bonds. The van der Waals surface area contributed by atoms with Crippen molar-refractivity contribution in [3.8, 4) is 0 Å². The van der Waals surface area contributed by atoms with E-state index in [1.54, 1.807) is 4.90 Å². The van der Waals surface area contributed by atoms with E-state index in [0.29, 0.717) is 13.1 Å². The average molecular weight is 290 g/mol. The topological polar surface area (TPSA) is 55.6 Å². The summed E-state index contributed by atoms with van der Waals surface area (Å²) in [6.45, 7) is 8.99. The fourth-order valence-electron chi connectivity index (χ4n) is 2.88. The van der Waals surface area contributed by atoms with Crippen molar-refractivity contribution in [1.82, 2.24) is 4.90 Å². The van der Waals surface area contributed by atoms with E-state index >= 15 is 0 Å². The molecule has 4 nitrogen and oxygen atoms in total. The Morgan fingerprint density at radius 3 is 2.57 bits per heavy atom. The van der Waals surface area contributed by atoms with E-state index in [9.17, 15) is 4.79 Å². The number of ether oxygens (including phenoxy) is 1. The van der Waals surface area contributed by atoms with Crippen molar-refractivity contribution in [2.75, 3.05) is 13.1 Å². The van der Waals surface area contributed by atoms with Gasteiger partial charge in [0.25, 0.3) is 0 Å². The highest BCUT2D eigenvalue weighted by Gasteiger charge is 2.32. The van der Waals surface area contributed by atoms with Crippen LogP contribution >= 0.6 is 0 Å². The van der Waals surface area contributed by atoms with Gasteiger partial charge in [-0.3, -0.25) is 0 Å². The Morgan fingerprint density at radius 1 is 1.29 bits per heavy atom. The van der Waals surface area contributed by atoms with Crippen LogP contribution in [-0.4, -0.2) is 35.7 Å². The summed E-state index contributed by atoms with van der Waals surface area (Å²) in [5.74, 6) is 0.280. The number of nitrogens with two attached hydrogens (primary N) is 1. The van der Waals surface area contributed by atoms with Crippen LogP contribution in [0.25, 0.3) is 0 Å². The first-order valence-corrected chi connectivity index (χ1v) is 7.55. The lowest BCUT2D eigenvalue weighted by Crippen LogP contribution is -2.50. The minimum Gasteiger partial charge on any atom is -0.444 e. The Labute approximate surface area is 127 Å². The first-order valence-electron chi connectivity index (χ1n) is 7.55. The lowest BCUT2D eigenvalue weighted by molar-refractivity contribution is 0.0180. The Bertz CT molecular complexity index is 508. The van der Waals surface area contributed by atoms with Crippen LogP contribution in [0.15, 0.2) is 24.3 Å². The molecule has 0 bridgehead atoms. The molecule has 4 heteroatoms. The Balaban J connectivity index is 2.13. The molecule has 2 rings (SSSR count). The standard InChI is InChI=1S/C17H26N2O2/c1-12-7-5-6-8-15(12)13-9-14(18)11-19(10-13)16(20)21-17(2,3)4/h5-8,13-14H,9-11,18H2,1-4H3. The molecule has 1 heterocycles. The summed E-state index contributed by atoms with van der Waals surface area (Å²) >= 11 is 0. The summed E-state index contributed by atoms with van der Waals surface area (Å²) in [4.78, 5) is 14.0. The van der Waals surface area contributed by atoms with Gasteiger partial charge in [0.15, 0.2) is 0 Å². The number of hydrogen-bond acceptors (Lipinski definition) is 3. The number of piperidine rings is 1. The molecule has 1 aromatic rings. The molecule has 0 saturated carbocycles. The molecule has 1 saturated heterocycles. The largest absolute Gasteiger partial charge is 0.444 e. The van der Waals surface area contributed by atoms with Gasteiger partial charge in [0.05, 0.1) is 0 Å². The van der Waals surface area contributed by atoms with Crippen LogP contribution in [0.1, 0.15) is 44.2 Å². The molecule has 116 valence electrons. The Morgan fingerprint density at radius 2 is 1.95 bits per heavy atom. The van der Waals surface area contributed by atoms with E-state index < -0.39 is 5.60 Å². The summed E-state index contributed by atoms with van der Waals surface area (Å²) in [6.07, 6.45) is 0.640. The van der Waals surface area contributed by atoms with Crippen LogP contribution in [0.3, 0.4) is 0 Å². The molecule has 0 spiro atoms. The number of nitrogens with zero attached hydrogens (tertiary/aromatic N) is 1. The highest BCUT2D eigenvalue weighted by atomic mass is 16.6. The molecule has 1 fully saturated rings. The Hall–Kier alpha value is -1.55. The zero-order chi connectivity index (χ0) is 15.6. The number of hydrogen-bond donors (Lipinski definition) is 1. The molecule has 2 atom stereocenters. The zero-order valence-corrected chi connectivity index (χ0v) is 13.4. The van der Waals surface area contributed by atoms with Crippen molar-refractivity contribution in [2.24, 2.45) is 5.73 Å². The Kier molecular flexibility index (Phi) is 4.57. The number of aryl methyl sites for hydroxylation is 1. The number of rotatable bonds is 1. The molecule has 21 heavy (non-hydrogen) atoms. The van der Waals surface area contributed by atoms with Gasteiger partial charge in [-0.1, -0.05) is 24.3 Å². The lowest BCUT2D eigenvalue weighted by atomic mass is 9.86. The summed E-state index contributed by atoms with van der Waals surface area (Å²) in [7, 11) is 0. The van der Waals surface area contributed by atoms with E-state index in [1.165, 1.54) is 11.1 Å². The third-order valence-electron chi connectivity index (χ3n) is 3.76. The minimum atomic E-state index is -0.475. The van der Waals surface area contributed by atoms with Gasteiger partial charge in [-0.05, 0) is 45.2 Å². The second-order valence-electron chi connectivity index (χ2n) is 6.93. The quantitative estimate of drug-likeness (QED) is 0.865. The first kappa shape index (κ1) is 15.8. The van der Waals surface area contributed by atoms with E-state index in [-0.39, 0.29) is 18.1 Å². The lowest BCUT2D eigenvalue weighted by Gasteiger charge is -2.37. The van der Waals surface area contributed by atoms with Crippen LogP contribution in [0, 0.1) is 6.92 Å². The zero-order valence-electron chi connectivity index (χ0n) is 13.4. The highest BCUT2D eigenvalue weighted by molar-refractivity contribution is 5.68. The van der Waals surface area contributed by atoms with Crippen LogP contribution in [0.2, 0.25) is 0 Å². The predicted molar refractivity (Wildman–Crippen MR) is 84.3 cm³/mol. The molecule has 1 aliphatic heterocycles. The van der Waals surface area contributed by atoms with E-state index in [0.717, 1.165) is 6.42 Å². The SMILES string of the molecule is Cc1ccccc1C1CC(N)CN(C(=O)OC(C)(C)C)C1. The van der Waals surface area contributed by atoms with Crippen LogP contribution < -0.4 is 5.73 Å². The predicted octanol–water partition coefficient (Wildman–Crippen LogP) is 3.05. The number of carbonyl (C=O) groups is 1. The van der Waals surface area contributed by atoms with Crippen LogP contribution in [-0.2, 0) is 4.74 Å². The molecule has 2 unspecified atom stereocenters. The van der Waals surface area contributed by atoms with E-state index in [1.807, 2.05) is 32.9 Å². The van der Waals surface area contributed by atoms with Crippen LogP contribution in [0.4, 0.5) is 4.79 Å². The first-order chi connectivity index (χ1) is 9.76. The maximum Gasteiger partial charge on any atom is 0.410 e. The van der Waals surface area contributed by atoms with Gasteiger partial charge >= 0.3 is 6.09 Å². The maximum absolute atomic E-state index is 12.3. The van der Waals surface area contributed by atoms with Crippen molar-refractivity contribution < 1.29 is 9.53 Å². The van der Waals surface area contributed by atoms with Gasteiger partial charge in [-0.2, -0.15) is 0 Å². The minimum absolute atomic E-state index is 0.00382. The fourth-order valence-corrected chi connectivity index (χ4v) is 2.88. The normalized spacial score (nSPS) is 23.0. The number of likely N-dealkylation sites (tertiary alicyclic amines) is 1. The van der Waals surface area contributed by atoms with Crippen molar-refractivity contribution in [3.63, 3.8) is 0 Å². The van der Waals surface area contributed by atoms with Gasteiger partial charge < -0.3 is 15.4 Å². The van der Waals surface area contributed by atoms with E-state index in [2.05, 4.69) is 19.1 Å². The van der Waals surface area contributed by atoms with E-state index in [4.69, 9.17) is 10.5 Å². The molecule has 0 aromatic heterocycles. The molecule has 1 aliphatic rings. The molecule has 0 aliphatic carbocycles. The third-order valence-corrected chi connectivity index (χ3v) is 3.76. The molecule has 2 N–H and O–H groups in total. The molecule has 0 radical (unpaired) electrons. The number of benzene rings is 1. The van der Waals surface area contributed by atoms with Crippen molar-refractivity contribution in [3.05, 3.63) is 35.4 Å². The average Bonchev–Trinajstić information content (AvgIpc) is 2.36. The molecular weight excluding hydrogens is 264 g/mol. The second kappa shape index (κ2) is 6.06. The summed E-state index contributed by atoms with van der Waals surface area (Å²) in [5, 5.41) is 0. The summed E-state index contributed by atoms with van der Waals surface area (Å²) in [6, 6.07) is 8.31. The van der Waals surface area contributed by atoms with Crippen molar-refractivity contribution in [1.29, 1.82) is 0 Å². The van der Waals surface area contributed by atoms with Crippen molar-refractivity contribution in [2.45, 2.75) is 51.7 Å². The monoisotopic (exact) mass is 290 g/mol. The molecular formula is C17H26N2O2. The maximum atomic E-state index is 12.3.